The van der Waals surface area contributed by atoms with Crippen molar-refractivity contribution in [3.05, 3.63) is 28.2 Å². The van der Waals surface area contributed by atoms with E-state index in [4.69, 9.17) is 14.2 Å². The molecule has 0 saturated heterocycles. The standard InChI is InChI=1S/C12H15BrO4/c1-9(14)11-4-3-10(13)7-12(11)17-8-16-6-5-15-2/h3-4,7H,5-6,8H2,1-2H3. The van der Waals surface area contributed by atoms with E-state index in [0.717, 1.165) is 4.47 Å². The van der Waals surface area contributed by atoms with Crippen LogP contribution in [0.3, 0.4) is 0 Å². The van der Waals surface area contributed by atoms with E-state index in [0.29, 0.717) is 24.5 Å². The number of rotatable bonds is 7. The highest BCUT2D eigenvalue weighted by Gasteiger charge is 2.08. The maximum atomic E-state index is 11.4. The first kappa shape index (κ1) is 14.2. The molecule has 0 amide bonds. The van der Waals surface area contributed by atoms with Crippen LogP contribution >= 0.6 is 15.9 Å². The number of ketones is 1. The molecule has 0 unspecified atom stereocenters. The van der Waals surface area contributed by atoms with E-state index in [2.05, 4.69) is 15.9 Å². The number of carbonyl (C=O) groups excluding carboxylic acids is 1. The van der Waals surface area contributed by atoms with E-state index in [9.17, 15) is 4.79 Å². The molecule has 0 radical (unpaired) electrons. The molecule has 17 heavy (non-hydrogen) atoms. The van der Waals surface area contributed by atoms with Crippen molar-refractivity contribution in [2.24, 2.45) is 0 Å². The Morgan fingerprint density at radius 1 is 1.35 bits per heavy atom. The number of hydrogen-bond donors (Lipinski definition) is 0. The number of halogens is 1. The average molecular weight is 303 g/mol. The van der Waals surface area contributed by atoms with Gasteiger partial charge in [0, 0.05) is 11.6 Å². The lowest BCUT2D eigenvalue weighted by Crippen LogP contribution is -2.09. The zero-order valence-corrected chi connectivity index (χ0v) is 11.5. The maximum absolute atomic E-state index is 11.4. The first-order valence-corrected chi connectivity index (χ1v) is 5.94. The van der Waals surface area contributed by atoms with Crippen LogP contribution in [0.5, 0.6) is 5.75 Å². The van der Waals surface area contributed by atoms with Crippen LogP contribution in [-0.2, 0) is 9.47 Å². The van der Waals surface area contributed by atoms with E-state index >= 15 is 0 Å². The number of methoxy groups -OCH3 is 1. The predicted molar refractivity (Wildman–Crippen MR) is 67.5 cm³/mol. The summed E-state index contributed by atoms with van der Waals surface area (Å²) in [5.41, 5.74) is 0.545. The third kappa shape index (κ3) is 4.85. The lowest BCUT2D eigenvalue weighted by Gasteiger charge is -2.10. The smallest absolute Gasteiger partial charge is 0.189 e. The summed E-state index contributed by atoms with van der Waals surface area (Å²) >= 11 is 3.33. The quantitative estimate of drug-likeness (QED) is 0.441. The fourth-order valence-electron chi connectivity index (χ4n) is 1.21. The lowest BCUT2D eigenvalue weighted by atomic mass is 10.1. The molecule has 0 saturated carbocycles. The summed E-state index contributed by atoms with van der Waals surface area (Å²) in [6.45, 7) is 2.57. The average Bonchev–Trinajstić information content (AvgIpc) is 2.28. The van der Waals surface area contributed by atoms with Gasteiger partial charge in [-0.2, -0.15) is 0 Å². The third-order valence-electron chi connectivity index (χ3n) is 2.05. The Hall–Kier alpha value is -0.910. The zero-order valence-electron chi connectivity index (χ0n) is 9.86. The van der Waals surface area contributed by atoms with Gasteiger partial charge < -0.3 is 14.2 Å². The van der Waals surface area contributed by atoms with Crippen LogP contribution in [0.1, 0.15) is 17.3 Å². The summed E-state index contributed by atoms with van der Waals surface area (Å²) in [6.07, 6.45) is 0. The van der Waals surface area contributed by atoms with Crippen molar-refractivity contribution in [1.29, 1.82) is 0 Å². The van der Waals surface area contributed by atoms with Gasteiger partial charge in [-0.05, 0) is 25.1 Å². The highest BCUT2D eigenvalue weighted by Crippen LogP contribution is 2.24. The Morgan fingerprint density at radius 2 is 2.12 bits per heavy atom. The Morgan fingerprint density at radius 3 is 2.76 bits per heavy atom. The van der Waals surface area contributed by atoms with Gasteiger partial charge in [-0.1, -0.05) is 15.9 Å². The maximum Gasteiger partial charge on any atom is 0.189 e. The second-order valence-corrected chi connectivity index (χ2v) is 4.28. The molecule has 94 valence electrons. The van der Waals surface area contributed by atoms with Crippen molar-refractivity contribution in [2.75, 3.05) is 27.1 Å². The Bertz CT molecular complexity index is 379. The molecule has 0 aliphatic heterocycles. The molecule has 0 bridgehead atoms. The van der Waals surface area contributed by atoms with Gasteiger partial charge in [0.1, 0.15) is 5.75 Å². The van der Waals surface area contributed by atoms with Crippen LogP contribution in [0.15, 0.2) is 22.7 Å². The molecule has 1 rings (SSSR count). The minimum atomic E-state index is -0.0376. The van der Waals surface area contributed by atoms with Crippen LogP contribution in [0.2, 0.25) is 0 Å². The normalized spacial score (nSPS) is 10.3. The van der Waals surface area contributed by atoms with Gasteiger partial charge in [0.15, 0.2) is 12.6 Å². The van der Waals surface area contributed by atoms with Crippen LogP contribution in [0.4, 0.5) is 0 Å². The number of hydrogen-bond acceptors (Lipinski definition) is 4. The van der Waals surface area contributed by atoms with Crippen LogP contribution in [0, 0.1) is 0 Å². The van der Waals surface area contributed by atoms with Crippen molar-refractivity contribution >= 4 is 21.7 Å². The number of ether oxygens (including phenoxy) is 3. The number of benzene rings is 1. The van der Waals surface area contributed by atoms with E-state index in [1.807, 2.05) is 0 Å². The minimum absolute atomic E-state index is 0.0376. The monoisotopic (exact) mass is 302 g/mol. The molecule has 5 heteroatoms. The molecule has 1 aromatic rings. The molecular weight excluding hydrogens is 288 g/mol. The molecule has 0 fully saturated rings. The highest BCUT2D eigenvalue weighted by molar-refractivity contribution is 9.10. The molecule has 0 spiro atoms. The summed E-state index contributed by atoms with van der Waals surface area (Å²) in [5.74, 6) is 0.480. The largest absolute Gasteiger partial charge is 0.467 e. The number of carbonyl (C=O) groups is 1. The van der Waals surface area contributed by atoms with Gasteiger partial charge >= 0.3 is 0 Å². The van der Waals surface area contributed by atoms with Gasteiger partial charge in [-0.3, -0.25) is 4.79 Å². The zero-order chi connectivity index (χ0) is 12.7. The molecule has 0 heterocycles. The second kappa shape index (κ2) is 7.42. The molecule has 0 aliphatic carbocycles. The van der Waals surface area contributed by atoms with E-state index in [1.165, 1.54) is 6.92 Å². The first-order chi connectivity index (χ1) is 8.15. The molecule has 0 atom stereocenters. The summed E-state index contributed by atoms with van der Waals surface area (Å²) in [4.78, 5) is 11.4. The fraction of sp³-hybridized carbons (Fsp3) is 0.417. The fourth-order valence-corrected chi connectivity index (χ4v) is 1.55. The van der Waals surface area contributed by atoms with Gasteiger partial charge in [0.2, 0.25) is 0 Å². The SMILES string of the molecule is COCCOCOc1cc(Br)ccc1C(C)=O. The topological polar surface area (TPSA) is 44.8 Å². The van der Waals surface area contributed by atoms with Crippen LogP contribution < -0.4 is 4.74 Å². The van der Waals surface area contributed by atoms with Crippen molar-refractivity contribution in [1.82, 2.24) is 0 Å². The summed E-state index contributed by atoms with van der Waals surface area (Å²) in [5, 5.41) is 0. The van der Waals surface area contributed by atoms with Crippen molar-refractivity contribution < 1.29 is 19.0 Å². The Kier molecular flexibility index (Phi) is 6.18. The molecule has 0 aromatic heterocycles. The number of Topliss-reactive ketones (excluding diaryl/α,β-unsaturated/α-hetero) is 1. The van der Waals surface area contributed by atoms with Gasteiger partial charge in [0.25, 0.3) is 0 Å². The summed E-state index contributed by atoms with van der Waals surface area (Å²) in [7, 11) is 1.60. The van der Waals surface area contributed by atoms with E-state index in [-0.39, 0.29) is 12.6 Å². The molecular formula is C12H15BrO4. The summed E-state index contributed by atoms with van der Waals surface area (Å²) in [6, 6.07) is 5.27. The molecule has 0 aliphatic rings. The predicted octanol–water partition coefficient (Wildman–Crippen LogP) is 2.65. The van der Waals surface area contributed by atoms with Gasteiger partial charge in [0.05, 0.1) is 18.8 Å². The highest BCUT2D eigenvalue weighted by atomic mass is 79.9. The second-order valence-electron chi connectivity index (χ2n) is 3.36. The van der Waals surface area contributed by atoms with Gasteiger partial charge in [-0.15, -0.1) is 0 Å². The van der Waals surface area contributed by atoms with Crippen molar-refractivity contribution in [2.45, 2.75) is 6.92 Å². The van der Waals surface area contributed by atoms with Crippen LogP contribution in [0.25, 0.3) is 0 Å². The van der Waals surface area contributed by atoms with Crippen molar-refractivity contribution in [3.63, 3.8) is 0 Å². The Balaban J connectivity index is 2.56. The third-order valence-corrected chi connectivity index (χ3v) is 2.55. The summed E-state index contributed by atoms with van der Waals surface area (Å²) < 4.78 is 16.3. The molecule has 0 N–H and O–H groups in total. The Labute approximate surface area is 109 Å². The van der Waals surface area contributed by atoms with E-state index < -0.39 is 0 Å². The minimum Gasteiger partial charge on any atom is -0.467 e. The van der Waals surface area contributed by atoms with Crippen molar-refractivity contribution in [3.8, 4) is 5.75 Å². The molecule has 1 aromatic carbocycles. The van der Waals surface area contributed by atoms with E-state index in [1.54, 1.807) is 25.3 Å². The van der Waals surface area contributed by atoms with Crippen LogP contribution in [-0.4, -0.2) is 32.9 Å². The van der Waals surface area contributed by atoms with Gasteiger partial charge in [-0.25, -0.2) is 0 Å². The lowest BCUT2D eigenvalue weighted by molar-refractivity contribution is -0.00875. The molecule has 4 nitrogen and oxygen atoms in total. The first-order valence-electron chi connectivity index (χ1n) is 5.15.